The molecule has 1 saturated heterocycles. The maximum Gasteiger partial charge on any atom is 0.0806 e. The molecule has 1 aliphatic heterocycles. The summed E-state index contributed by atoms with van der Waals surface area (Å²) in [6.07, 6.45) is 0. The third-order valence-electron chi connectivity index (χ3n) is 0.905. The molecule has 2 atom stereocenters. The second-order valence-corrected chi connectivity index (χ2v) is 5.19. The molecule has 1 fully saturated rings. The molecule has 0 amide bonds. The van der Waals surface area contributed by atoms with E-state index in [0.717, 1.165) is 11.5 Å². The Kier molecular flexibility index (Phi) is 1.75. The first-order valence-corrected chi connectivity index (χ1v) is 5.13. The topological polar surface area (TPSA) is 17.1 Å². The summed E-state index contributed by atoms with van der Waals surface area (Å²) in [6.45, 7) is 2.14. The Balaban J connectivity index is 2.40. The number of rotatable bonds is 0. The van der Waals surface area contributed by atoms with Gasteiger partial charge in [-0.05, 0) is 5.92 Å². The normalized spacial score (nSPS) is 41.9. The first-order valence-electron chi connectivity index (χ1n) is 2.30. The van der Waals surface area contributed by atoms with Gasteiger partial charge in [0, 0.05) is 11.5 Å². The second-order valence-electron chi connectivity index (χ2n) is 1.86. The fourth-order valence-electron chi connectivity index (χ4n) is 0.521. The Bertz CT molecular complexity index is 91.7. The first kappa shape index (κ1) is 5.63. The summed E-state index contributed by atoms with van der Waals surface area (Å²) in [5.41, 5.74) is 0. The first-order chi connectivity index (χ1) is 3.29. The molecular weight excluding hydrogens is 128 g/mol. The van der Waals surface area contributed by atoms with E-state index >= 15 is 0 Å². The van der Waals surface area contributed by atoms with Gasteiger partial charge in [0.15, 0.2) is 0 Å². The molecular formula is C4H8OS2. The summed E-state index contributed by atoms with van der Waals surface area (Å²) in [5, 5.41) is 0. The predicted molar refractivity (Wildman–Crippen MR) is 34.6 cm³/mol. The highest BCUT2D eigenvalue weighted by Crippen LogP contribution is 2.23. The highest BCUT2D eigenvalue weighted by molar-refractivity contribution is 8.69. The summed E-state index contributed by atoms with van der Waals surface area (Å²) in [7, 11) is 1.04. The van der Waals surface area contributed by atoms with Crippen LogP contribution in [0, 0.1) is 5.92 Å². The van der Waals surface area contributed by atoms with Gasteiger partial charge in [0.25, 0.3) is 0 Å². The number of hydrogen-bond donors (Lipinski definition) is 0. The van der Waals surface area contributed by atoms with Crippen LogP contribution in [0.1, 0.15) is 6.92 Å². The van der Waals surface area contributed by atoms with Crippen molar-refractivity contribution in [3.8, 4) is 0 Å². The van der Waals surface area contributed by atoms with Gasteiger partial charge in [-0.2, -0.15) is 0 Å². The van der Waals surface area contributed by atoms with Crippen LogP contribution in [0.5, 0.6) is 0 Å². The van der Waals surface area contributed by atoms with Crippen LogP contribution in [-0.2, 0) is 9.83 Å². The molecule has 0 aromatic rings. The third kappa shape index (κ3) is 1.46. The predicted octanol–water partition coefficient (Wildman–Crippen LogP) is 1.03. The maximum atomic E-state index is 10.5. The molecule has 0 N–H and O–H groups in total. The molecule has 1 aliphatic rings. The van der Waals surface area contributed by atoms with Crippen molar-refractivity contribution in [2.45, 2.75) is 6.92 Å². The van der Waals surface area contributed by atoms with Gasteiger partial charge in [0.05, 0.1) is 9.83 Å². The van der Waals surface area contributed by atoms with Crippen LogP contribution in [0.15, 0.2) is 0 Å². The van der Waals surface area contributed by atoms with E-state index in [0.29, 0.717) is 5.92 Å². The van der Waals surface area contributed by atoms with Crippen molar-refractivity contribution in [3.63, 3.8) is 0 Å². The van der Waals surface area contributed by atoms with Gasteiger partial charge in [-0.1, -0.05) is 17.7 Å². The van der Waals surface area contributed by atoms with E-state index in [-0.39, 0.29) is 0 Å². The lowest BCUT2D eigenvalue weighted by Crippen LogP contribution is -1.94. The van der Waals surface area contributed by atoms with Crippen LogP contribution in [0.3, 0.4) is 0 Å². The molecule has 0 aromatic carbocycles. The third-order valence-corrected chi connectivity index (χ3v) is 4.32. The van der Waals surface area contributed by atoms with Gasteiger partial charge in [-0.3, -0.25) is 0 Å². The average molecular weight is 136 g/mol. The van der Waals surface area contributed by atoms with Gasteiger partial charge >= 0.3 is 0 Å². The highest BCUT2D eigenvalue weighted by atomic mass is 33.1. The van der Waals surface area contributed by atoms with E-state index in [1.54, 1.807) is 10.8 Å². The summed E-state index contributed by atoms with van der Waals surface area (Å²) in [5.74, 6) is 2.68. The van der Waals surface area contributed by atoms with Crippen molar-refractivity contribution in [2.24, 2.45) is 5.92 Å². The van der Waals surface area contributed by atoms with Crippen molar-refractivity contribution in [2.75, 3.05) is 11.5 Å². The molecule has 3 heteroatoms. The lowest BCUT2D eigenvalue weighted by molar-refractivity contribution is 0.682. The monoisotopic (exact) mass is 136 g/mol. The molecule has 0 bridgehead atoms. The van der Waals surface area contributed by atoms with E-state index in [2.05, 4.69) is 6.92 Å². The molecule has 0 aliphatic carbocycles. The van der Waals surface area contributed by atoms with E-state index in [9.17, 15) is 4.21 Å². The Labute approximate surface area is 49.7 Å². The Morgan fingerprint density at radius 2 is 2.57 bits per heavy atom. The zero-order chi connectivity index (χ0) is 5.28. The molecule has 2 unspecified atom stereocenters. The van der Waals surface area contributed by atoms with Crippen LogP contribution >= 0.6 is 10.8 Å². The van der Waals surface area contributed by atoms with Crippen LogP contribution in [-0.4, -0.2) is 15.7 Å². The Hall–Kier alpha value is 0.500. The zero-order valence-electron chi connectivity index (χ0n) is 4.22. The SMILES string of the molecule is CC1CSS(=O)C1. The quantitative estimate of drug-likeness (QED) is 0.463. The fourth-order valence-corrected chi connectivity index (χ4v) is 3.99. The minimum absolute atomic E-state index is 0.536. The van der Waals surface area contributed by atoms with Gasteiger partial charge in [-0.25, -0.2) is 4.21 Å². The molecule has 42 valence electrons. The van der Waals surface area contributed by atoms with E-state index in [1.165, 1.54) is 0 Å². The van der Waals surface area contributed by atoms with E-state index in [1.807, 2.05) is 0 Å². The van der Waals surface area contributed by atoms with Gasteiger partial charge < -0.3 is 0 Å². The summed E-state index contributed by atoms with van der Waals surface area (Å²) in [4.78, 5) is 0. The van der Waals surface area contributed by atoms with Crippen LogP contribution < -0.4 is 0 Å². The number of hydrogen-bond acceptors (Lipinski definition) is 2. The maximum absolute atomic E-state index is 10.5. The molecule has 1 nitrogen and oxygen atoms in total. The summed E-state index contributed by atoms with van der Waals surface area (Å²) < 4.78 is 10.5. The van der Waals surface area contributed by atoms with Crippen molar-refractivity contribution in [3.05, 3.63) is 0 Å². The second kappa shape index (κ2) is 2.18. The van der Waals surface area contributed by atoms with E-state index < -0.39 is 9.83 Å². The molecule has 0 radical (unpaired) electrons. The molecule has 0 saturated carbocycles. The highest BCUT2D eigenvalue weighted by Gasteiger charge is 2.16. The fraction of sp³-hybridized carbons (Fsp3) is 1.00. The van der Waals surface area contributed by atoms with Crippen molar-refractivity contribution < 1.29 is 4.21 Å². The van der Waals surface area contributed by atoms with Crippen molar-refractivity contribution >= 4 is 20.6 Å². The van der Waals surface area contributed by atoms with Crippen LogP contribution in [0.2, 0.25) is 0 Å². The standard InChI is InChI=1S/C4H8OS2/c1-4-2-6-7(5)3-4/h4H,2-3H2,1H3. The smallest absolute Gasteiger partial charge is 0.0806 e. The average Bonchev–Trinajstić information content (AvgIpc) is 1.87. The van der Waals surface area contributed by atoms with E-state index in [4.69, 9.17) is 0 Å². The summed E-state index contributed by atoms with van der Waals surface area (Å²) >= 11 is 0. The van der Waals surface area contributed by atoms with Crippen LogP contribution in [0.25, 0.3) is 0 Å². The lowest BCUT2D eigenvalue weighted by Gasteiger charge is -1.88. The molecule has 0 aromatic heterocycles. The van der Waals surface area contributed by atoms with Gasteiger partial charge in [-0.15, -0.1) is 0 Å². The largest absolute Gasteiger partial charge is 0.248 e. The summed E-state index contributed by atoms with van der Waals surface area (Å²) in [6, 6.07) is 0. The van der Waals surface area contributed by atoms with Crippen molar-refractivity contribution in [1.82, 2.24) is 0 Å². The molecule has 7 heavy (non-hydrogen) atoms. The minimum Gasteiger partial charge on any atom is -0.248 e. The minimum atomic E-state index is -0.536. The molecule has 0 spiro atoms. The van der Waals surface area contributed by atoms with Crippen molar-refractivity contribution in [1.29, 1.82) is 0 Å². The molecule has 1 heterocycles. The lowest BCUT2D eigenvalue weighted by atomic mass is 10.3. The molecule has 1 rings (SSSR count). The van der Waals surface area contributed by atoms with Crippen LogP contribution in [0.4, 0.5) is 0 Å². The Morgan fingerprint density at radius 3 is 2.71 bits per heavy atom. The van der Waals surface area contributed by atoms with Gasteiger partial charge in [0.1, 0.15) is 0 Å². The van der Waals surface area contributed by atoms with Gasteiger partial charge in [0.2, 0.25) is 0 Å². The Morgan fingerprint density at radius 1 is 1.86 bits per heavy atom. The zero-order valence-corrected chi connectivity index (χ0v) is 5.85.